The van der Waals surface area contributed by atoms with Gasteiger partial charge in [0.25, 0.3) is 0 Å². The van der Waals surface area contributed by atoms with Gasteiger partial charge in [0.05, 0.1) is 23.5 Å². The zero-order valence-corrected chi connectivity index (χ0v) is 14.2. The minimum atomic E-state index is 0.543. The molecule has 25 heavy (non-hydrogen) atoms. The monoisotopic (exact) mass is 353 g/mol. The number of hydrogen-bond acceptors (Lipinski definition) is 7. The maximum absolute atomic E-state index is 6.06. The second-order valence-corrected chi connectivity index (χ2v) is 6.96. The zero-order chi connectivity index (χ0) is 16.6. The lowest BCUT2D eigenvalue weighted by Crippen LogP contribution is -2.33. The van der Waals surface area contributed by atoms with Gasteiger partial charge in [0.1, 0.15) is 17.9 Å². The number of fused-ring (bicyclic) bond motifs is 1. The molecule has 4 aromatic rings. The van der Waals surface area contributed by atoms with Crippen molar-refractivity contribution in [1.82, 2.24) is 9.97 Å². The van der Waals surface area contributed by atoms with E-state index in [-0.39, 0.29) is 0 Å². The van der Waals surface area contributed by atoms with E-state index >= 15 is 0 Å². The fraction of sp³-hybridized carbons (Fsp3) is 0.222. The first-order valence-corrected chi connectivity index (χ1v) is 9.25. The number of thioether (sulfide) groups is 1. The van der Waals surface area contributed by atoms with E-state index in [2.05, 4.69) is 14.9 Å². The third-order valence-corrected chi connectivity index (χ3v) is 5.23. The topological polar surface area (TPSA) is 68.4 Å². The third kappa shape index (κ3) is 2.42. The van der Waals surface area contributed by atoms with E-state index in [4.69, 9.17) is 13.3 Å². The molecule has 0 saturated carbocycles. The van der Waals surface area contributed by atoms with Gasteiger partial charge in [0.2, 0.25) is 5.71 Å². The number of furan rings is 3. The zero-order valence-electron chi connectivity index (χ0n) is 13.3. The van der Waals surface area contributed by atoms with Crippen LogP contribution in [0.1, 0.15) is 0 Å². The standard InChI is InChI=1S/C18H15N3O3S/c1-3-12(22-7-1)14-15-17(21-5-9-25-10-6-21)19-11-20-18(15)24-16(14)13-4-2-8-23-13/h1-4,7-8,11H,5-6,9-10H2. The predicted molar refractivity (Wildman–Crippen MR) is 96.7 cm³/mol. The summed E-state index contributed by atoms with van der Waals surface area (Å²) in [6, 6.07) is 7.48. The Kier molecular flexibility index (Phi) is 3.52. The fourth-order valence-electron chi connectivity index (χ4n) is 3.17. The highest BCUT2D eigenvalue weighted by Gasteiger charge is 2.27. The van der Waals surface area contributed by atoms with Gasteiger partial charge in [-0.15, -0.1) is 0 Å². The van der Waals surface area contributed by atoms with Gasteiger partial charge in [-0.1, -0.05) is 0 Å². The van der Waals surface area contributed by atoms with Crippen LogP contribution in [0.2, 0.25) is 0 Å². The Morgan fingerprint density at radius 3 is 2.44 bits per heavy atom. The van der Waals surface area contributed by atoms with Crippen molar-refractivity contribution in [3.8, 4) is 22.8 Å². The van der Waals surface area contributed by atoms with Crippen LogP contribution in [0.3, 0.4) is 0 Å². The predicted octanol–water partition coefficient (Wildman–Crippen LogP) is 4.30. The van der Waals surface area contributed by atoms with Crippen molar-refractivity contribution in [2.45, 2.75) is 0 Å². The van der Waals surface area contributed by atoms with Crippen molar-refractivity contribution in [1.29, 1.82) is 0 Å². The molecule has 0 amide bonds. The Labute approximate surface area is 147 Å². The van der Waals surface area contributed by atoms with Crippen LogP contribution in [-0.2, 0) is 0 Å². The van der Waals surface area contributed by atoms with Crippen LogP contribution in [0.25, 0.3) is 33.9 Å². The Morgan fingerprint density at radius 2 is 1.72 bits per heavy atom. The highest BCUT2D eigenvalue weighted by atomic mass is 32.2. The van der Waals surface area contributed by atoms with E-state index in [1.54, 1.807) is 18.9 Å². The Morgan fingerprint density at radius 1 is 0.960 bits per heavy atom. The average molecular weight is 353 g/mol. The summed E-state index contributed by atoms with van der Waals surface area (Å²) in [5, 5.41) is 0.871. The van der Waals surface area contributed by atoms with E-state index in [1.807, 2.05) is 36.0 Å². The van der Waals surface area contributed by atoms with Crippen molar-refractivity contribution in [2.75, 3.05) is 29.5 Å². The lowest BCUT2D eigenvalue weighted by molar-refractivity contribution is 0.536. The summed E-state index contributed by atoms with van der Waals surface area (Å²) in [5.74, 6) is 5.04. The molecule has 1 aliphatic rings. The fourth-order valence-corrected chi connectivity index (χ4v) is 4.07. The van der Waals surface area contributed by atoms with Crippen molar-refractivity contribution in [3.63, 3.8) is 0 Å². The van der Waals surface area contributed by atoms with Crippen LogP contribution in [0.4, 0.5) is 5.82 Å². The number of anilines is 1. The minimum absolute atomic E-state index is 0.543. The maximum atomic E-state index is 6.06. The summed E-state index contributed by atoms with van der Waals surface area (Å²) in [6.45, 7) is 1.91. The number of hydrogen-bond donors (Lipinski definition) is 0. The molecule has 6 nitrogen and oxygen atoms in total. The SMILES string of the molecule is c1coc(-c2oc3ncnc(N4CCSCC4)c3c2-c2ccco2)c1. The van der Waals surface area contributed by atoms with Crippen molar-refractivity contribution in [3.05, 3.63) is 43.1 Å². The first kappa shape index (κ1) is 14.7. The Balaban J connectivity index is 1.80. The summed E-state index contributed by atoms with van der Waals surface area (Å²) >= 11 is 1.96. The van der Waals surface area contributed by atoms with Crippen LogP contribution in [0, 0.1) is 0 Å². The number of nitrogens with zero attached hydrogens (tertiary/aromatic N) is 3. The molecule has 1 fully saturated rings. The molecule has 0 radical (unpaired) electrons. The lowest BCUT2D eigenvalue weighted by Gasteiger charge is -2.27. The molecule has 0 N–H and O–H groups in total. The minimum Gasteiger partial charge on any atom is -0.464 e. The Hall–Kier alpha value is -2.67. The molecule has 5 rings (SSSR count). The van der Waals surface area contributed by atoms with Gasteiger partial charge in [-0.05, 0) is 24.3 Å². The molecule has 0 bridgehead atoms. The summed E-state index contributed by atoms with van der Waals surface area (Å²) in [6.07, 6.45) is 4.84. The number of rotatable bonds is 3. The van der Waals surface area contributed by atoms with E-state index < -0.39 is 0 Å². The van der Waals surface area contributed by atoms with Crippen molar-refractivity contribution >= 4 is 28.7 Å². The molecule has 1 saturated heterocycles. The second kappa shape index (κ2) is 6.00. The van der Waals surface area contributed by atoms with Gasteiger partial charge in [-0.25, -0.2) is 9.97 Å². The molecule has 0 aromatic carbocycles. The summed E-state index contributed by atoms with van der Waals surface area (Å²) in [5.41, 5.74) is 1.38. The molecule has 0 unspecified atom stereocenters. The van der Waals surface area contributed by atoms with Gasteiger partial charge >= 0.3 is 0 Å². The first-order chi connectivity index (χ1) is 12.4. The first-order valence-electron chi connectivity index (χ1n) is 8.10. The van der Waals surface area contributed by atoms with E-state index in [9.17, 15) is 0 Å². The molecule has 4 aromatic heterocycles. The van der Waals surface area contributed by atoms with E-state index in [0.717, 1.165) is 41.4 Å². The van der Waals surface area contributed by atoms with Crippen LogP contribution >= 0.6 is 11.8 Å². The molecule has 0 atom stereocenters. The number of aromatic nitrogens is 2. The second-order valence-electron chi connectivity index (χ2n) is 5.74. The third-order valence-electron chi connectivity index (χ3n) is 4.29. The molecule has 0 aliphatic carbocycles. The molecule has 0 spiro atoms. The van der Waals surface area contributed by atoms with Crippen LogP contribution < -0.4 is 4.90 Å². The molecule has 5 heterocycles. The molecule has 1 aliphatic heterocycles. The van der Waals surface area contributed by atoms with Gasteiger partial charge in [-0.2, -0.15) is 11.8 Å². The molecule has 126 valence electrons. The molecular formula is C18H15N3O3S. The molecular weight excluding hydrogens is 338 g/mol. The summed E-state index contributed by atoms with van der Waals surface area (Å²) < 4.78 is 17.3. The van der Waals surface area contributed by atoms with Gasteiger partial charge in [0.15, 0.2) is 11.5 Å². The van der Waals surface area contributed by atoms with Gasteiger partial charge < -0.3 is 18.2 Å². The normalized spacial score (nSPS) is 15.1. The maximum Gasteiger partial charge on any atom is 0.232 e. The molecule has 7 heteroatoms. The average Bonchev–Trinajstić information content (AvgIpc) is 3.40. The van der Waals surface area contributed by atoms with Crippen molar-refractivity contribution in [2.24, 2.45) is 0 Å². The van der Waals surface area contributed by atoms with Crippen LogP contribution in [0.15, 0.2) is 56.4 Å². The lowest BCUT2D eigenvalue weighted by atomic mass is 10.1. The Bertz CT molecular complexity index is 986. The van der Waals surface area contributed by atoms with Crippen LogP contribution in [-0.4, -0.2) is 34.6 Å². The quantitative estimate of drug-likeness (QED) is 0.544. The van der Waals surface area contributed by atoms with E-state index in [0.29, 0.717) is 23.0 Å². The summed E-state index contributed by atoms with van der Waals surface area (Å²) in [7, 11) is 0. The highest BCUT2D eigenvalue weighted by molar-refractivity contribution is 7.99. The van der Waals surface area contributed by atoms with E-state index in [1.165, 1.54) is 0 Å². The van der Waals surface area contributed by atoms with Gasteiger partial charge in [0, 0.05) is 24.6 Å². The van der Waals surface area contributed by atoms with Crippen LogP contribution in [0.5, 0.6) is 0 Å². The highest BCUT2D eigenvalue weighted by Crippen LogP contribution is 2.43. The summed E-state index contributed by atoms with van der Waals surface area (Å²) in [4.78, 5) is 11.2. The van der Waals surface area contributed by atoms with Crippen molar-refractivity contribution < 1.29 is 13.3 Å². The van der Waals surface area contributed by atoms with Gasteiger partial charge in [-0.3, -0.25) is 0 Å². The smallest absolute Gasteiger partial charge is 0.232 e. The largest absolute Gasteiger partial charge is 0.464 e.